The normalized spacial score (nSPS) is 21.4. The van der Waals surface area contributed by atoms with E-state index in [1.54, 1.807) is 30.7 Å². The first-order valence-corrected chi connectivity index (χ1v) is 7.36. The average Bonchev–Trinajstić information content (AvgIpc) is 3.12. The predicted octanol–water partition coefficient (Wildman–Crippen LogP) is 2.64. The third kappa shape index (κ3) is 2.88. The molecule has 1 aromatic carbocycles. The number of rotatable bonds is 3. The molecule has 1 heterocycles. The number of halogens is 1. The minimum Gasteiger partial charge on any atom is -0.398 e. The lowest BCUT2D eigenvalue weighted by atomic mass is 10.1. The minimum absolute atomic E-state index is 0.114. The van der Waals surface area contributed by atoms with Gasteiger partial charge in [-0.05, 0) is 37.5 Å². The van der Waals surface area contributed by atoms with Gasteiger partial charge < -0.3 is 15.6 Å². The summed E-state index contributed by atoms with van der Waals surface area (Å²) in [6, 6.07) is 5.33. The maximum Gasteiger partial charge on any atom is 0.251 e. The molecule has 1 aromatic heterocycles. The molecule has 1 aliphatic rings. The zero-order valence-electron chi connectivity index (χ0n) is 11.5. The van der Waals surface area contributed by atoms with Crippen LogP contribution < -0.4 is 11.1 Å². The highest BCUT2D eigenvalue weighted by atomic mass is 35.5. The van der Waals surface area contributed by atoms with Gasteiger partial charge in [-0.2, -0.15) is 0 Å². The van der Waals surface area contributed by atoms with Gasteiger partial charge in [-0.3, -0.25) is 4.79 Å². The van der Waals surface area contributed by atoms with Gasteiger partial charge in [0.15, 0.2) is 0 Å². The van der Waals surface area contributed by atoms with Crippen LogP contribution in [0.15, 0.2) is 36.9 Å². The Kier molecular flexibility index (Phi) is 3.84. The zero-order chi connectivity index (χ0) is 14.8. The molecule has 2 aromatic rings. The Labute approximate surface area is 128 Å². The Morgan fingerprint density at radius 3 is 3.00 bits per heavy atom. The van der Waals surface area contributed by atoms with E-state index in [1.165, 1.54) is 0 Å². The van der Waals surface area contributed by atoms with E-state index in [-0.39, 0.29) is 18.0 Å². The molecule has 2 unspecified atom stereocenters. The van der Waals surface area contributed by atoms with Gasteiger partial charge >= 0.3 is 0 Å². The summed E-state index contributed by atoms with van der Waals surface area (Å²) in [5, 5.41) is 3.50. The van der Waals surface area contributed by atoms with Crippen LogP contribution in [0.1, 0.15) is 35.7 Å². The summed E-state index contributed by atoms with van der Waals surface area (Å²) in [5.74, 6) is -0.117. The molecule has 3 rings (SSSR count). The van der Waals surface area contributed by atoms with Gasteiger partial charge in [0, 0.05) is 24.0 Å². The standard InChI is InChI=1S/C15H17ClN4O/c16-11-8-10(4-5-12(11)17)15(21)19-13-2-1-3-14(13)20-7-6-18-9-20/h4-9,13-14H,1-3,17H2,(H,19,21). The van der Waals surface area contributed by atoms with Gasteiger partial charge in [0.25, 0.3) is 5.91 Å². The second kappa shape index (κ2) is 5.77. The minimum atomic E-state index is -0.117. The van der Waals surface area contributed by atoms with E-state index in [4.69, 9.17) is 17.3 Å². The summed E-state index contributed by atoms with van der Waals surface area (Å²) < 4.78 is 2.06. The summed E-state index contributed by atoms with van der Waals surface area (Å²) in [6.07, 6.45) is 8.61. The number of anilines is 1. The first-order valence-electron chi connectivity index (χ1n) is 6.98. The molecule has 1 saturated carbocycles. The van der Waals surface area contributed by atoms with Crippen molar-refractivity contribution in [2.24, 2.45) is 0 Å². The Bertz CT molecular complexity index is 641. The van der Waals surface area contributed by atoms with Crippen molar-refractivity contribution in [3.8, 4) is 0 Å². The lowest BCUT2D eigenvalue weighted by Crippen LogP contribution is -2.38. The van der Waals surface area contributed by atoms with Gasteiger partial charge in [0.2, 0.25) is 0 Å². The van der Waals surface area contributed by atoms with Gasteiger partial charge in [0.05, 0.1) is 23.1 Å². The molecule has 21 heavy (non-hydrogen) atoms. The number of amides is 1. The number of hydrogen-bond donors (Lipinski definition) is 2. The van der Waals surface area contributed by atoms with Crippen LogP contribution >= 0.6 is 11.6 Å². The molecule has 3 N–H and O–H groups in total. The average molecular weight is 305 g/mol. The van der Waals surface area contributed by atoms with Crippen LogP contribution in [0.5, 0.6) is 0 Å². The quantitative estimate of drug-likeness (QED) is 0.856. The van der Waals surface area contributed by atoms with Crippen molar-refractivity contribution in [1.29, 1.82) is 0 Å². The number of hydrogen-bond acceptors (Lipinski definition) is 3. The number of nitrogens with zero attached hydrogens (tertiary/aromatic N) is 2. The van der Waals surface area contributed by atoms with Gasteiger partial charge in [0.1, 0.15) is 0 Å². The Balaban J connectivity index is 1.73. The maximum absolute atomic E-state index is 12.3. The van der Waals surface area contributed by atoms with Crippen LogP contribution in [-0.2, 0) is 0 Å². The summed E-state index contributed by atoms with van der Waals surface area (Å²) in [4.78, 5) is 16.4. The fourth-order valence-electron chi connectivity index (χ4n) is 2.85. The van der Waals surface area contributed by atoms with Crippen molar-refractivity contribution in [2.75, 3.05) is 5.73 Å². The number of benzene rings is 1. The Morgan fingerprint density at radius 1 is 1.43 bits per heavy atom. The molecule has 1 amide bonds. The van der Waals surface area contributed by atoms with Crippen molar-refractivity contribution in [3.63, 3.8) is 0 Å². The Morgan fingerprint density at radius 2 is 2.29 bits per heavy atom. The molecular formula is C15H17ClN4O. The van der Waals surface area contributed by atoms with E-state index in [1.807, 2.05) is 6.20 Å². The topological polar surface area (TPSA) is 72.9 Å². The summed E-state index contributed by atoms with van der Waals surface area (Å²) in [5.41, 5.74) is 6.67. The number of carbonyl (C=O) groups excluding carboxylic acids is 1. The number of nitrogen functional groups attached to an aromatic ring is 1. The number of aromatic nitrogens is 2. The van der Waals surface area contributed by atoms with Gasteiger partial charge in [-0.25, -0.2) is 4.98 Å². The lowest BCUT2D eigenvalue weighted by Gasteiger charge is -2.22. The summed E-state index contributed by atoms with van der Waals surface area (Å²) >= 11 is 5.97. The molecule has 0 bridgehead atoms. The highest BCUT2D eigenvalue weighted by Gasteiger charge is 2.29. The van der Waals surface area contributed by atoms with E-state index in [2.05, 4.69) is 14.9 Å². The van der Waals surface area contributed by atoms with Crippen molar-refractivity contribution in [1.82, 2.24) is 14.9 Å². The van der Waals surface area contributed by atoms with E-state index in [0.717, 1.165) is 19.3 Å². The van der Waals surface area contributed by atoms with Crippen LogP contribution in [0, 0.1) is 0 Å². The fourth-order valence-corrected chi connectivity index (χ4v) is 3.03. The highest BCUT2D eigenvalue weighted by Crippen LogP contribution is 2.30. The number of carbonyl (C=O) groups is 1. The summed E-state index contributed by atoms with van der Waals surface area (Å²) in [7, 11) is 0. The number of nitrogens with one attached hydrogen (secondary N) is 1. The molecule has 0 saturated heterocycles. The lowest BCUT2D eigenvalue weighted by molar-refractivity contribution is 0.0929. The molecule has 0 aliphatic heterocycles. The fraction of sp³-hybridized carbons (Fsp3) is 0.333. The molecule has 5 nitrogen and oxygen atoms in total. The maximum atomic E-state index is 12.3. The van der Waals surface area contributed by atoms with Crippen LogP contribution in [-0.4, -0.2) is 21.5 Å². The SMILES string of the molecule is Nc1ccc(C(=O)NC2CCCC2n2ccnc2)cc1Cl. The van der Waals surface area contributed by atoms with Crippen LogP contribution in [0.4, 0.5) is 5.69 Å². The highest BCUT2D eigenvalue weighted by molar-refractivity contribution is 6.33. The molecule has 0 radical (unpaired) electrons. The first-order chi connectivity index (χ1) is 10.1. The predicted molar refractivity (Wildman–Crippen MR) is 82.2 cm³/mol. The molecule has 2 atom stereocenters. The molecule has 1 fully saturated rings. The van der Waals surface area contributed by atoms with Crippen molar-refractivity contribution in [2.45, 2.75) is 31.3 Å². The van der Waals surface area contributed by atoms with E-state index in [9.17, 15) is 4.79 Å². The Hall–Kier alpha value is -2.01. The third-order valence-corrected chi connectivity index (χ3v) is 4.29. The zero-order valence-corrected chi connectivity index (χ0v) is 12.3. The monoisotopic (exact) mass is 304 g/mol. The smallest absolute Gasteiger partial charge is 0.251 e. The third-order valence-electron chi connectivity index (χ3n) is 3.97. The molecule has 0 spiro atoms. The van der Waals surface area contributed by atoms with Crippen molar-refractivity contribution < 1.29 is 4.79 Å². The van der Waals surface area contributed by atoms with Crippen LogP contribution in [0.3, 0.4) is 0 Å². The largest absolute Gasteiger partial charge is 0.398 e. The molecule has 6 heteroatoms. The first kappa shape index (κ1) is 13.9. The second-order valence-corrected chi connectivity index (χ2v) is 5.73. The van der Waals surface area contributed by atoms with E-state index < -0.39 is 0 Å². The van der Waals surface area contributed by atoms with E-state index >= 15 is 0 Å². The summed E-state index contributed by atoms with van der Waals surface area (Å²) in [6.45, 7) is 0. The van der Waals surface area contributed by atoms with Gasteiger partial charge in [-0.15, -0.1) is 0 Å². The number of nitrogens with two attached hydrogens (primary N) is 1. The molecule has 110 valence electrons. The van der Waals surface area contributed by atoms with Crippen molar-refractivity contribution in [3.05, 3.63) is 47.5 Å². The van der Waals surface area contributed by atoms with Crippen LogP contribution in [0.2, 0.25) is 5.02 Å². The van der Waals surface area contributed by atoms with Crippen LogP contribution in [0.25, 0.3) is 0 Å². The molecule has 1 aliphatic carbocycles. The van der Waals surface area contributed by atoms with Crippen molar-refractivity contribution >= 4 is 23.2 Å². The molecular weight excluding hydrogens is 288 g/mol. The van der Waals surface area contributed by atoms with Gasteiger partial charge in [-0.1, -0.05) is 11.6 Å². The second-order valence-electron chi connectivity index (χ2n) is 5.32. The van der Waals surface area contributed by atoms with E-state index in [0.29, 0.717) is 16.3 Å². The number of imidazole rings is 1.